The molecule has 2 aliphatic heterocycles. The second kappa shape index (κ2) is 5.44. The van der Waals surface area contributed by atoms with Crippen LogP contribution in [0.1, 0.15) is 35.7 Å². The summed E-state index contributed by atoms with van der Waals surface area (Å²) in [5.74, 6) is 0.0708. The Bertz CT molecular complexity index is 514. The van der Waals surface area contributed by atoms with Gasteiger partial charge in [-0.1, -0.05) is 0 Å². The van der Waals surface area contributed by atoms with E-state index in [0.717, 1.165) is 37.9 Å². The van der Waals surface area contributed by atoms with Crippen LogP contribution in [0.5, 0.6) is 0 Å². The smallest absolute Gasteiger partial charge is 0.251 e. The molecule has 0 radical (unpaired) electrons. The number of carbonyl (C=O) groups excluding carboxylic acids is 1. The highest BCUT2D eigenvalue weighted by atomic mass is 16.1. The van der Waals surface area contributed by atoms with Gasteiger partial charge in [-0.2, -0.15) is 0 Å². The molecule has 20 heavy (non-hydrogen) atoms. The Kier molecular flexibility index (Phi) is 3.66. The third-order valence-electron chi connectivity index (χ3n) is 4.62. The molecule has 4 nitrogen and oxygen atoms in total. The molecule has 1 fully saturated rings. The number of amides is 1. The van der Waals surface area contributed by atoms with Gasteiger partial charge in [0.25, 0.3) is 5.91 Å². The lowest BCUT2D eigenvalue weighted by molar-refractivity contribution is 0.0896. The monoisotopic (exact) mass is 273 g/mol. The molecule has 2 N–H and O–H groups in total. The number of nitrogens with one attached hydrogen (secondary N) is 2. The molecule has 108 valence electrons. The van der Waals surface area contributed by atoms with E-state index < -0.39 is 0 Å². The molecule has 1 amide bonds. The minimum Gasteiger partial charge on any atom is -0.384 e. The van der Waals surface area contributed by atoms with Gasteiger partial charge in [-0.25, -0.2) is 0 Å². The van der Waals surface area contributed by atoms with Gasteiger partial charge < -0.3 is 15.5 Å². The largest absolute Gasteiger partial charge is 0.384 e. The molecular formula is C16H23N3O. The summed E-state index contributed by atoms with van der Waals surface area (Å²) in [6.45, 7) is 4.26. The van der Waals surface area contributed by atoms with Crippen molar-refractivity contribution in [3.8, 4) is 0 Å². The van der Waals surface area contributed by atoms with E-state index in [0.29, 0.717) is 12.1 Å². The first kappa shape index (κ1) is 13.4. The Morgan fingerprint density at radius 3 is 3.10 bits per heavy atom. The van der Waals surface area contributed by atoms with Crippen molar-refractivity contribution in [2.45, 2.75) is 38.3 Å². The average molecular weight is 273 g/mol. The van der Waals surface area contributed by atoms with Gasteiger partial charge in [-0.05, 0) is 57.0 Å². The van der Waals surface area contributed by atoms with Crippen LogP contribution in [0.25, 0.3) is 0 Å². The molecule has 0 saturated carbocycles. The molecule has 1 aromatic rings. The molecule has 0 spiro atoms. The number of carbonyl (C=O) groups is 1. The SMILES string of the molecule is CC1CC(NC(=O)c2ccc3c(c2)CCN3)CCN1C. The number of fused-ring (bicyclic) bond motifs is 1. The van der Waals surface area contributed by atoms with E-state index >= 15 is 0 Å². The van der Waals surface area contributed by atoms with Gasteiger partial charge in [0.1, 0.15) is 0 Å². The van der Waals surface area contributed by atoms with E-state index in [9.17, 15) is 4.79 Å². The van der Waals surface area contributed by atoms with E-state index in [1.807, 2.05) is 18.2 Å². The Morgan fingerprint density at radius 2 is 2.30 bits per heavy atom. The standard InChI is InChI=1S/C16H23N3O/c1-11-9-14(6-8-19(11)2)18-16(20)13-3-4-15-12(10-13)5-7-17-15/h3-4,10-11,14,17H,5-9H2,1-2H3,(H,18,20). The molecule has 2 heterocycles. The first-order chi connectivity index (χ1) is 9.63. The van der Waals surface area contributed by atoms with Crippen LogP contribution in [0, 0.1) is 0 Å². The van der Waals surface area contributed by atoms with Crippen LogP contribution in [0.2, 0.25) is 0 Å². The van der Waals surface area contributed by atoms with Crippen molar-refractivity contribution < 1.29 is 4.79 Å². The number of anilines is 1. The molecule has 0 bridgehead atoms. The Morgan fingerprint density at radius 1 is 1.45 bits per heavy atom. The van der Waals surface area contributed by atoms with Crippen molar-refractivity contribution in [2.24, 2.45) is 0 Å². The minimum atomic E-state index is 0.0708. The maximum atomic E-state index is 12.4. The van der Waals surface area contributed by atoms with Crippen LogP contribution in [0.4, 0.5) is 5.69 Å². The number of benzene rings is 1. The Balaban J connectivity index is 1.65. The fourth-order valence-electron chi connectivity index (χ4n) is 3.14. The van der Waals surface area contributed by atoms with E-state index in [1.54, 1.807) is 0 Å². The van der Waals surface area contributed by atoms with Gasteiger partial charge >= 0.3 is 0 Å². The number of nitrogens with zero attached hydrogens (tertiary/aromatic N) is 1. The number of rotatable bonds is 2. The van der Waals surface area contributed by atoms with Crippen molar-refractivity contribution in [1.29, 1.82) is 0 Å². The van der Waals surface area contributed by atoms with E-state index in [1.165, 1.54) is 11.3 Å². The van der Waals surface area contributed by atoms with Gasteiger partial charge in [0.2, 0.25) is 0 Å². The lowest BCUT2D eigenvalue weighted by atomic mass is 9.98. The zero-order valence-electron chi connectivity index (χ0n) is 12.3. The summed E-state index contributed by atoms with van der Waals surface area (Å²) in [6, 6.07) is 6.82. The second-order valence-electron chi connectivity index (χ2n) is 6.07. The van der Waals surface area contributed by atoms with Crippen molar-refractivity contribution in [3.63, 3.8) is 0 Å². The third kappa shape index (κ3) is 2.66. The summed E-state index contributed by atoms with van der Waals surface area (Å²) in [5, 5.41) is 6.51. The first-order valence-electron chi connectivity index (χ1n) is 7.51. The average Bonchev–Trinajstić information content (AvgIpc) is 2.90. The van der Waals surface area contributed by atoms with Crippen molar-refractivity contribution in [3.05, 3.63) is 29.3 Å². The fraction of sp³-hybridized carbons (Fsp3) is 0.562. The second-order valence-corrected chi connectivity index (χ2v) is 6.07. The maximum Gasteiger partial charge on any atom is 0.251 e. The zero-order valence-corrected chi connectivity index (χ0v) is 12.3. The van der Waals surface area contributed by atoms with Crippen LogP contribution in [-0.4, -0.2) is 43.0 Å². The third-order valence-corrected chi connectivity index (χ3v) is 4.62. The molecule has 2 unspecified atom stereocenters. The zero-order chi connectivity index (χ0) is 14.1. The molecule has 2 atom stereocenters. The van der Waals surface area contributed by atoms with E-state index in [2.05, 4.69) is 29.5 Å². The summed E-state index contributed by atoms with van der Waals surface area (Å²) in [4.78, 5) is 14.7. The Labute approximate surface area is 120 Å². The summed E-state index contributed by atoms with van der Waals surface area (Å²) >= 11 is 0. The number of hydrogen-bond acceptors (Lipinski definition) is 3. The van der Waals surface area contributed by atoms with Crippen molar-refractivity contribution in [1.82, 2.24) is 10.2 Å². The molecule has 3 rings (SSSR count). The van der Waals surface area contributed by atoms with Gasteiger partial charge in [0, 0.05) is 36.4 Å². The van der Waals surface area contributed by atoms with Gasteiger partial charge in [0.05, 0.1) is 0 Å². The molecule has 0 aliphatic carbocycles. The normalized spacial score (nSPS) is 25.9. The number of likely N-dealkylation sites (tertiary alicyclic amines) is 1. The lowest BCUT2D eigenvalue weighted by Gasteiger charge is -2.35. The molecule has 1 aromatic carbocycles. The summed E-state index contributed by atoms with van der Waals surface area (Å²) in [7, 11) is 2.15. The summed E-state index contributed by atoms with van der Waals surface area (Å²) in [5.41, 5.74) is 3.22. The molecule has 2 aliphatic rings. The highest BCUT2D eigenvalue weighted by Gasteiger charge is 2.24. The minimum absolute atomic E-state index is 0.0708. The molecular weight excluding hydrogens is 250 g/mol. The predicted octanol–water partition coefficient (Wildman–Crippen LogP) is 1.87. The lowest BCUT2D eigenvalue weighted by Crippen LogP contribution is -2.47. The van der Waals surface area contributed by atoms with Crippen LogP contribution in [-0.2, 0) is 6.42 Å². The quantitative estimate of drug-likeness (QED) is 0.864. The predicted molar refractivity (Wildman–Crippen MR) is 81.2 cm³/mol. The molecule has 4 heteroatoms. The first-order valence-corrected chi connectivity index (χ1v) is 7.51. The number of piperidine rings is 1. The van der Waals surface area contributed by atoms with Crippen LogP contribution in [0.3, 0.4) is 0 Å². The summed E-state index contributed by atoms with van der Waals surface area (Å²) < 4.78 is 0. The number of hydrogen-bond donors (Lipinski definition) is 2. The fourth-order valence-corrected chi connectivity index (χ4v) is 3.14. The maximum absolute atomic E-state index is 12.4. The molecule has 1 saturated heterocycles. The Hall–Kier alpha value is -1.55. The van der Waals surface area contributed by atoms with Gasteiger partial charge in [0.15, 0.2) is 0 Å². The highest BCUT2D eigenvalue weighted by molar-refractivity contribution is 5.95. The topological polar surface area (TPSA) is 44.4 Å². The van der Waals surface area contributed by atoms with Crippen molar-refractivity contribution >= 4 is 11.6 Å². The van der Waals surface area contributed by atoms with E-state index in [-0.39, 0.29) is 5.91 Å². The van der Waals surface area contributed by atoms with Crippen LogP contribution in [0.15, 0.2) is 18.2 Å². The highest BCUT2D eigenvalue weighted by Crippen LogP contribution is 2.23. The van der Waals surface area contributed by atoms with Crippen molar-refractivity contribution in [2.75, 3.05) is 25.5 Å². The van der Waals surface area contributed by atoms with Crippen LogP contribution < -0.4 is 10.6 Å². The van der Waals surface area contributed by atoms with Crippen LogP contribution >= 0.6 is 0 Å². The summed E-state index contributed by atoms with van der Waals surface area (Å²) in [6.07, 6.45) is 3.09. The van der Waals surface area contributed by atoms with Gasteiger partial charge in [-0.3, -0.25) is 4.79 Å². The van der Waals surface area contributed by atoms with Gasteiger partial charge in [-0.15, -0.1) is 0 Å². The molecule has 0 aromatic heterocycles. The van der Waals surface area contributed by atoms with E-state index in [4.69, 9.17) is 0 Å².